The molecular formula is C26H34FNO2. The van der Waals surface area contributed by atoms with Crippen molar-refractivity contribution in [3.05, 3.63) is 71.0 Å². The van der Waals surface area contributed by atoms with Gasteiger partial charge in [0.1, 0.15) is 5.82 Å². The van der Waals surface area contributed by atoms with Gasteiger partial charge in [0.2, 0.25) is 5.91 Å². The van der Waals surface area contributed by atoms with Gasteiger partial charge in [-0.2, -0.15) is 0 Å². The van der Waals surface area contributed by atoms with E-state index in [0.717, 1.165) is 25.9 Å². The molecule has 1 aliphatic rings. The van der Waals surface area contributed by atoms with Gasteiger partial charge in [-0.3, -0.25) is 4.79 Å². The van der Waals surface area contributed by atoms with Crippen molar-refractivity contribution in [2.75, 3.05) is 13.2 Å². The summed E-state index contributed by atoms with van der Waals surface area (Å²) in [5.74, 6) is 0.158. The van der Waals surface area contributed by atoms with Crippen LogP contribution in [0.15, 0.2) is 48.5 Å². The van der Waals surface area contributed by atoms with Gasteiger partial charge in [0.15, 0.2) is 0 Å². The summed E-state index contributed by atoms with van der Waals surface area (Å²) in [6.45, 7) is 9.71. The zero-order valence-corrected chi connectivity index (χ0v) is 18.7. The van der Waals surface area contributed by atoms with Crippen molar-refractivity contribution in [3.63, 3.8) is 0 Å². The molecule has 0 spiro atoms. The predicted octanol–water partition coefficient (Wildman–Crippen LogP) is 5.65. The topological polar surface area (TPSA) is 29.5 Å². The van der Waals surface area contributed by atoms with E-state index < -0.39 is 0 Å². The third-order valence-corrected chi connectivity index (χ3v) is 6.54. The Labute approximate surface area is 180 Å². The lowest BCUT2D eigenvalue weighted by atomic mass is 9.68. The standard InChI is InChI=1S/C26H34FNO2/c1-19(2)25-17-26(14-16-30-25,23-11-9-20(3)10-12-23)13-15-28(21(4)29)18-22-7-5-6-8-24(22)27/h5-12,19,25H,13-18H2,1-4H3/t25-,26+/m0/s1. The number of benzene rings is 2. The van der Waals surface area contributed by atoms with Crippen molar-refractivity contribution >= 4 is 5.91 Å². The lowest BCUT2D eigenvalue weighted by Crippen LogP contribution is -2.43. The Morgan fingerprint density at radius 3 is 2.53 bits per heavy atom. The van der Waals surface area contributed by atoms with Crippen LogP contribution in [0.25, 0.3) is 0 Å². The van der Waals surface area contributed by atoms with E-state index in [-0.39, 0.29) is 23.2 Å². The van der Waals surface area contributed by atoms with Crippen LogP contribution >= 0.6 is 0 Å². The maximum Gasteiger partial charge on any atom is 0.219 e. The van der Waals surface area contributed by atoms with Gasteiger partial charge in [0.05, 0.1) is 6.10 Å². The van der Waals surface area contributed by atoms with Crippen LogP contribution in [-0.4, -0.2) is 30.1 Å². The minimum Gasteiger partial charge on any atom is -0.378 e. The maximum absolute atomic E-state index is 14.2. The number of ether oxygens (including phenoxy) is 1. The predicted molar refractivity (Wildman–Crippen MR) is 119 cm³/mol. The first-order valence-electron chi connectivity index (χ1n) is 11.0. The fourth-order valence-electron chi connectivity index (χ4n) is 4.45. The first-order chi connectivity index (χ1) is 14.3. The van der Waals surface area contributed by atoms with E-state index in [1.165, 1.54) is 17.2 Å². The Balaban J connectivity index is 1.83. The maximum atomic E-state index is 14.2. The number of carbonyl (C=O) groups excluding carboxylic acids is 1. The highest BCUT2D eigenvalue weighted by molar-refractivity contribution is 5.73. The minimum absolute atomic E-state index is 0.0234. The van der Waals surface area contributed by atoms with Crippen LogP contribution in [0, 0.1) is 18.7 Å². The number of carbonyl (C=O) groups is 1. The molecule has 0 saturated carbocycles. The van der Waals surface area contributed by atoms with Gasteiger partial charge in [-0.05, 0) is 43.7 Å². The zero-order valence-electron chi connectivity index (χ0n) is 18.7. The quantitative estimate of drug-likeness (QED) is 0.590. The van der Waals surface area contributed by atoms with Crippen LogP contribution in [0.5, 0.6) is 0 Å². The second-order valence-electron chi connectivity index (χ2n) is 9.04. The van der Waals surface area contributed by atoms with Gasteiger partial charge >= 0.3 is 0 Å². The largest absolute Gasteiger partial charge is 0.378 e. The third kappa shape index (κ3) is 5.28. The molecule has 1 amide bonds. The van der Waals surface area contributed by atoms with E-state index in [1.807, 2.05) is 6.07 Å². The number of rotatable bonds is 7. The molecule has 2 aromatic carbocycles. The average Bonchev–Trinajstić information content (AvgIpc) is 2.72. The summed E-state index contributed by atoms with van der Waals surface area (Å²) in [7, 11) is 0. The molecule has 3 rings (SSSR count). The van der Waals surface area contributed by atoms with E-state index in [1.54, 1.807) is 24.0 Å². The number of halogens is 1. The summed E-state index contributed by atoms with van der Waals surface area (Å²) in [6.07, 6.45) is 2.93. The molecule has 4 heteroatoms. The zero-order chi connectivity index (χ0) is 21.7. The lowest BCUT2D eigenvalue weighted by molar-refractivity contribution is -0.130. The van der Waals surface area contributed by atoms with Gasteiger partial charge in [-0.15, -0.1) is 0 Å². The summed E-state index contributed by atoms with van der Waals surface area (Å²) in [5, 5.41) is 0. The summed E-state index contributed by atoms with van der Waals surface area (Å²) in [5.41, 5.74) is 3.08. The minimum atomic E-state index is -0.261. The molecule has 1 aliphatic heterocycles. The summed E-state index contributed by atoms with van der Waals surface area (Å²) in [4.78, 5) is 14.1. The SMILES string of the molecule is CC(=O)N(CC[C@@]1(c2ccc(C)cc2)CCO[C@H](C(C)C)C1)Cc1ccccc1F. The van der Waals surface area contributed by atoms with Gasteiger partial charge in [-0.1, -0.05) is 61.9 Å². The normalized spacial score (nSPS) is 21.6. The molecule has 1 heterocycles. The summed E-state index contributed by atoms with van der Waals surface area (Å²) >= 11 is 0. The molecule has 0 aliphatic carbocycles. The first-order valence-corrected chi connectivity index (χ1v) is 11.0. The molecular weight excluding hydrogens is 377 g/mol. The van der Waals surface area contributed by atoms with Gasteiger partial charge in [0.25, 0.3) is 0 Å². The molecule has 1 saturated heterocycles. The van der Waals surface area contributed by atoms with Crippen LogP contribution in [0.4, 0.5) is 4.39 Å². The highest BCUT2D eigenvalue weighted by Gasteiger charge is 2.39. The molecule has 0 radical (unpaired) electrons. The van der Waals surface area contributed by atoms with Crippen molar-refractivity contribution in [1.29, 1.82) is 0 Å². The van der Waals surface area contributed by atoms with E-state index in [9.17, 15) is 9.18 Å². The Morgan fingerprint density at radius 2 is 1.90 bits per heavy atom. The molecule has 30 heavy (non-hydrogen) atoms. The number of aryl methyl sites for hydroxylation is 1. The fraction of sp³-hybridized carbons (Fsp3) is 0.500. The van der Waals surface area contributed by atoms with Gasteiger partial charge < -0.3 is 9.64 Å². The van der Waals surface area contributed by atoms with Gasteiger partial charge in [0, 0.05) is 37.6 Å². The van der Waals surface area contributed by atoms with E-state index in [4.69, 9.17) is 4.74 Å². The van der Waals surface area contributed by atoms with Crippen molar-refractivity contribution in [1.82, 2.24) is 4.90 Å². The van der Waals surface area contributed by atoms with E-state index in [2.05, 4.69) is 45.0 Å². The monoisotopic (exact) mass is 411 g/mol. The van der Waals surface area contributed by atoms with Crippen molar-refractivity contribution in [3.8, 4) is 0 Å². The Hall–Kier alpha value is -2.20. The second-order valence-corrected chi connectivity index (χ2v) is 9.04. The van der Waals surface area contributed by atoms with E-state index in [0.29, 0.717) is 24.6 Å². The van der Waals surface area contributed by atoms with Crippen molar-refractivity contribution < 1.29 is 13.9 Å². The summed E-state index contributed by atoms with van der Waals surface area (Å²) < 4.78 is 20.2. The number of hydrogen-bond donors (Lipinski definition) is 0. The smallest absolute Gasteiger partial charge is 0.219 e. The van der Waals surface area contributed by atoms with Crippen LogP contribution in [0.1, 0.15) is 56.7 Å². The van der Waals surface area contributed by atoms with Crippen molar-refractivity contribution in [2.24, 2.45) is 5.92 Å². The highest BCUT2D eigenvalue weighted by Crippen LogP contribution is 2.42. The molecule has 162 valence electrons. The average molecular weight is 412 g/mol. The Kier molecular flexibility index (Phi) is 7.30. The summed E-state index contributed by atoms with van der Waals surface area (Å²) in [6, 6.07) is 15.5. The molecule has 0 bridgehead atoms. The number of nitrogens with zero attached hydrogens (tertiary/aromatic N) is 1. The van der Waals surface area contributed by atoms with Crippen LogP contribution < -0.4 is 0 Å². The fourth-order valence-corrected chi connectivity index (χ4v) is 4.45. The highest BCUT2D eigenvalue weighted by atomic mass is 19.1. The Bertz CT molecular complexity index is 848. The molecule has 1 fully saturated rings. The van der Waals surface area contributed by atoms with E-state index >= 15 is 0 Å². The van der Waals surface area contributed by atoms with Crippen LogP contribution in [0.3, 0.4) is 0 Å². The molecule has 0 N–H and O–H groups in total. The first kappa shape index (κ1) is 22.5. The van der Waals surface area contributed by atoms with Crippen LogP contribution in [-0.2, 0) is 21.5 Å². The molecule has 2 atom stereocenters. The lowest BCUT2D eigenvalue weighted by Gasteiger charge is -2.44. The molecule has 2 aromatic rings. The molecule has 0 aromatic heterocycles. The number of amides is 1. The van der Waals surface area contributed by atoms with Crippen molar-refractivity contribution in [2.45, 2.75) is 65.0 Å². The second kappa shape index (κ2) is 9.74. The molecule has 3 nitrogen and oxygen atoms in total. The van der Waals surface area contributed by atoms with Gasteiger partial charge in [-0.25, -0.2) is 4.39 Å². The number of hydrogen-bond acceptors (Lipinski definition) is 2. The Morgan fingerprint density at radius 1 is 1.20 bits per heavy atom. The third-order valence-electron chi connectivity index (χ3n) is 6.54. The van der Waals surface area contributed by atoms with Crippen LogP contribution in [0.2, 0.25) is 0 Å². The molecule has 0 unspecified atom stereocenters.